The zero-order valence-electron chi connectivity index (χ0n) is 10.6. The molecule has 0 aromatic heterocycles. The predicted octanol–water partition coefficient (Wildman–Crippen LogP) is 4.81. The summed E-state index contributed by atoms with van der Waals surface area (Å²) in [7, 11) is 0. The van der Waals surface area contributed by atoms with Crippen LogP contribution in [0.1, 0.15) is 32.1 Å². The lowest BCUT2D eigenvalue weighted by atomic mass is 9.84. The van der Waals surface area contributed by atoms with Gasteiger partial charge in [0.2, 0.25) is 0 Å². The van der Waals surface area contributed by atoms with E-state index in [0.717, 1.165) is 15.4 Å². The van der Waals surface area contributed by atoms with Gasteiger partial charge in [-0.05, 0) is 31.0 Å². The van der Waals surface area contributed by atoms with Gasteiger partial charge in [0.05, 0.1) is 11.2 Å². The average Bonchev–Trinajstić information content (AvgIpc) is 2.78. The lowest BCUT2D eigenvalue weighted by Crippen LogP contribution is -2.29. The first-order chi connectivity index (χ1) is 9.17. The quantitative estimate of drug-likeness (QED) is 0.792. The maximum Gasteiger partial charge on any atom is 0.161 e. The fourth-order valence-electron chi connectivity index (χ4n) is 2.72. The van der Waals surface area contributed by atoms with Crippen LogP contribution in [0.4, 0.5) is 10.1 Å². The zero-order chi connectivity index (χ0) is 13.3. The molecule has 5 heteroatoms. The normalized spacial score (nSPS) is 21.5. The highest BCUT2D eigenvalue weighted by Crippen LogP contribution is 2.40. The van der Waals surface area contributed by atoms with Gasteiger partial charge in [-0.3, -0.25) is 4.99 Å². The molecule has 1 aliphatic heterocycles. The van der Waals surface area contributed by atoms with Crippen molar-refractivity contribution in [2.75, 3.05) is 11.1 Å². The van der Waals surface area contributed by atoms with E-state index in [2.05, 4.69) is 21.2 Å². The highest BCUT2D eigenvalue weighted by atomic mass is 79.9. The van der Waals surface area contributed by atoms with Gasteiger partial charge in [-0.1, -0.05) is 47.0 Å². The van der Waals surface area contributed by atoms with Crippen LogP contribution in [0.5, 0.6) is 0 Å². The van der Waals surface area contributed by atoms with Gasteiger partial charge in [-0.15, -0.1) is 0 Å². The number of hydrogen-bond acceptors (Lipinski definition) is 3. The molecule has 1 aromatic rings. The maximum atomic E-state index is 13.7. The summed E-state index contributed by atoms with van der Waals surface area (Å²) >= 11 is 5.08. The first-order valence-electron chi connectivity index (χ1n) is 6.62. The van der Waals surface area contributed by atoms with Crippen molar-refractivity contribution in [3.63, 3.8) is 0 Å². The Bertz CT molecular complexity index is 512. The van der Waals surface area contributed by atoms with E-state index in [9.17, 15) is 4.39 Å². The molecule has 0 radical (unpaired) electrons. The molecule has 1 saturated carbocycles. The summed E-state index contributed by atoms with van der Waals surface area (Å²) < 4.78 is 14.6. The van der Waals surface area contributed by atoms with Gasteiger partial charge in [0.1, 0.15) is 5.82 Å². The third-order valence-electron chi connectivity index (χ3n) is 3.77. The third kappa shape index (κ3) is 2.97. The largest absolute Gasteiger partial charge is 0.333 e. The van der Waals surface area contributed by atoms with Crippen LogP contribution in [0, 0.1) is 5.82 Å². The number of rotatable bonds is 1. The van der Waals surface area contributed by atoms with E-state index in [1.54, 1.807) is 23.9 Å². The molecule has 0 saturated heterocycles. The van der Waals surface area contributed by atoms with E-state index in [4.69, 9.17) is 4.99 Å². The molecule has 102 valence electrons. The summed E-state index contributed by atoms with van der Waals surface area (Å²) in [5, 5.41) is 3.99. The SMILES string of the molecule is Fc1ccc(Br)cc1NC1=NC2(CCCCC2)CS1. The Kier molecular flexibility index (Phi) is 3.85. The van der Waals surface area contributed by atoms with E-state index in [1.807, 2.05) is 0 Å². The summed E-state index contributed by atoms with van der Waals surface area (Å²) in [4.78, 5) is 4.83. The molecule has 1 spiro atoms. The lowest BCUT2D eigenvalue weighted by molar-refractivity contribution is 0.335. The molecule has 0 unspecified atom stereocenters. The summed E-state index contributed by atoms with van der Waals surface area (Å²) in [5.41, 5.74) is 0.613. The van der Waals surface area contributed by atoms with Crippen molar-refractivity contribution >= 4 is 38.5 Å². The minimum Gasteiger partial charge on any atom is -0.333 e. The number of aliphatic imine (C=N–C) groups is 1. The number of thioether (sulfide) groups is 1. The van der Waals surface area contributed by atoms with Crippen molar-refractivity contribution < 1.29 is 4.39 Å². The van der Waals surface area contributed by atoms with Crippen LogP contribution in [0.15, 0.2) is 27.7 Å². The predicted molar refractivity (Wildman–Crippen MR) is 83.4 cm³/mol. The van der Waals surface area contributed by atoms with Crippen LogP contribution >= 0.6 is 27.7 Å². The molecule has 1 fully saturated rings. The number of hydrogen-bond donors (Lipinski definition) is 1. The van der Waals surface area contributed by atoms with Crippen LogP contribution in [0.25, 0.3) is 0 Å². The molecule has 2 nitrogen and oxygen atoms in total. The first-order valence-corrected chi connectivity index (χ1v) is 8.40. The summed E-state index contributed by atoms with van der Waals surface area (Å²) in [6, 6.07) is 4.92. The molecule has 1 aliphatic carbocycles. The van der Waals surface area contributed by atoms with E-state index in [-0.39, 0.29) is 11.4 Å². The molecule has 1 N–H and O–H groups in total. The monoisotopic (exact) mass is 342 g/mol. The van der Waals surface area contributed by atoms with Crippen molar-refractivity contribution in [1.82, 2.24) is 0 Å². The average molecular weight is 343 g/mol. The first kappa shape index (κ1) is 13.4. The van der Waals surface area contributed by atoms with Gasteiger partial charge in [0.15, 0.2) is 5.17 Å². The molecule has 0 atom stereocenters. The van der Waals surface area contributed by atoms with Crippen molar-refractivity contribution in [2.45, 2.75) is 37.6 Å². The second-order valence-electron chi connectivity index (χ2n) is 5.24. The number of halogens is 2. The number of anilines is 1. The van der Waals surface area contributed by atoms with Crippen LogP contribution in [-0.2, 0) is 0 Å². The van der Waals surface area contributed by atoms with Crippen LogP contribution < -0.4 is 5.32 Å². The van der Waals surface area contributed by atoms with E-state index in [0.29, 0.717) is 5.69 Å². The molecule has 2 aliphatic rings. The highest BCUT2D eigenvalue weighted by Gasteiger charge is 2.36. The van der Waals surface area contributed by atoms with Crippen LogP contribution in [0.3, 0.4) is 0 Å². The van der Waals surface area contributed by atoms with Gasteiger partial charge < -0.3 is 5.32 Å². The van der Waals surface area contributed by atoms with E-state index >= 15 is 0 Å². The Morgan fingerprint density at radius 3 is 2.84 bits per heavy atom. The van der Waals surface area contributed by atoms with E-state index in [1.165, 1.54) is 38.2 Å². The molecule has 1 heterocycles. The molecule has 3 rings (SSSR count). The smallest absolute Gasteiger partial charge is 0.161 e. The Morgan fingerprint density at radius 2 is 2.05 bits per heavy atom. The standard InChI is InChI=1S/C14H16BrFN2S/c15-10-4-5-11(16)12(8-10)17-13-18-14(9-19-13)6-2-1-3-7-14/h4-5,8H,1-3,6-7,9H2,(H,17,18). The zero-order valence-corrected chi connectivity index (χ0v) is 13.0. The Balaban J connectivity index is 1.77. The number of amidine groups is 1. The van der Waals surface area contributed by atoms with Gasteiger partial charge in [0.25, 0.3) is 0 Å². The molecule has 0 bridgehead atoms. The van der Waals surface area contributed by atoms with Gasteiger partial charge in [0, 0.05) is 10.2 Å². The van der Waals surface area contributed by atoms with Crippen molar-refractivity contribution in [3.05, 3.63) is 28.5 Å². The molecule has 1 aromatic carbocycles. The number of nitrogens with one attached hydrogen (secondary N) is 1. The van der Waals surface area contributed by atoms with Crippen molar-refractivity contribution in [2.24, 2.45) is 4.99 Å². The topological polar surface area (TPSA) is 24.4 Å². The Labute approximate surface area is 125 Å². The van der Waals surface area contributed by atoms with E-state index < -0.39 is 0 Å². The second-order valence-corrected chi connectivity index (χ2v) is 7.12. The summed E-state index contributed by atoms with van der Waals surface area (Å²) in [6.07, 6.45) is 6.20. The summed E-state index contributed by atoms with van der Waals surface area (Å²) in [5.74, 6) is 0.793. The maximum absolute atomic E-state index is 13.7. The number of benzene rings is 1. The van der Waals surface area contributed by atoms with Gasteiger partial charge in [-0.25, -0.2) is 4.39 Å². The van der Waals surface area contributed by atoms with Crippen molar-refractivity contribution in [1.29, 1.82) is 0 Å². The van der Waals surface area contributed by atoms with Gasteiger partial charge in [-0.2, -0.15) is 0 Å². The number of nitrogens with zero attached hydrogens (tertiary/aromatic N) is 1. The summed E-state index contributed by atoms with van der Waals surface area (Å²) in [6.45, 7) is 0. The lowest BCUT2D eigenvalue weighted by Gasteiger charge is -2.29. The third-order valence-corrected chi connectivity index (χ3v) is 5.41. The molecule has 19 heavy (non-hydrogen) atoms. The fraction of sp³-hybridized carbons (Fsp3) is 0.500. The molecule has 0 amide bonds. The fourth-order valence-corrected chi connectivity index (χ4v) is 4.28. The second kappa shape index (κ2) is 5.44. The van der Waals surface area contributed by atoms with Crippen molar-refractivity contribution in [3.8, 4) is 0 Å². The Hall–Kier alpha value is -0.550. The minimum absolute atomic E-state index is 0.119. The van der Waals surface area contributed by atoms with Gasteiger partial charge >= 0.3 is 0 Å². The van der Waals surface area contributed by atoms with Crippen LogP contribution in [0.2, 0.25) is 0 Å². The minimum atomic E-state index is -0.240. The van der Waals surface area contributed by atoms with Crippen LogP contribution in [-0.4, -0.2) is 16.5 Å². The molecular formula is C14H16BrFN2S. The Morgan fingerprint density at radius 1 is 1.26 bits per heavy atom. The molecular weight excluding hydrogens is 327 g/mol. The highest BCUT2D eigenvalue weighted by molar-refractivity contribution is 9.10.